The lowest BCUT2D eigenvalue weighted by Crippen LogP contribution is -2.39. The molecule has 0 aliphatic carbocycles. The van der Waals surface area contributed by atoms with Gasteiger partial charge in [0.1, 0.15) is 10.8 Å². The quantitative estimate of drug-likeness (QED) is 0.607. The molecule has 0 saturated carbocycles. The Labute approximate surface area is 181 Å². The van der Waals surface area contributed by atoms with E-state index in [2.05, 4.69) is 11.7 Å². The number of alkyl halides is 3. The van der Waals surface area contributed by atoms with E-state index in [0.29, 0.717) is 13.1 Å². The number of hydrogen-bond donors (Lipinski definition) is 0. The molecule has 0 bridgehead atoms. The number of benzene rings is 1. The summed E-state index contributed by atoms with van der Waals surface area (Å²) in [7, 11) is 2.82. The van der Waals surface area contributed by atoms with Crippen LogP contribution in [0.5, 0.6) is 5.75 Å². The van der Waals surface area contributed by atoms with Gasteiger partial charge in [-0.15, -0.1) is 11.3 Å². The first-order chi connectivity index (χ1) is 14.7. The number of likely N-dealkylation sites (N-methyl/N-ethyl adjacent to an activating group) is 1. The number of carbonyl (C=O) groups excluding carboxylic acids is 2. The summed E-state index contributed by atoms with van der Waals surface area (Å²) in [5, 5.41) is 1.81. The van der Waals surface area contributed by atoms with Crippen LogP contribution in [0.3, 0.4) is 0 Å². The van der Waals surface area contributed by atoms with Crippen molar-refractivity contribution in [1.82, 2.24) is 9.80 Å². The second-order valence-corrected chi connectivity index (χ2v) is 8.01. The average molecular weight is 453 g/mol. The highest BCUT2D eigenvalue weighted by atomic mass is 32.1. The van der Waals surface area contributed by atoms with Crippen molar-refractivity contribution in [3.8, 4) is 16.9 Å². The van der Waals surface area contributed by atoms with Gasteiger partial charge in [0, 0.05) is 36.6 Å². The Morgan fingerprint density at radius 2 is 1.94 bits per heavy atom. The van der Waals surface area contributed by atoms with Crippen LogP contribution in [0.4, 0.5) is 18.2 Å². The highest BCUT2D eigenvalue weighted by Gasteiger charge is 2.33. The lowest BCUT2D eigenvalue weighted by molar-refractivity contribution is -0.137. The van der Waals surface area contributed by atoms with Crippen LogP contribution in [0.15, 0.2) is 28.6 Å². The third kappa shape index (κ3) is 4.73. The number of thiophene rings is 1. The van der Waals surface area contributed by atoms with Crippen molar-refractivity contribution < 1.29 is 27.5 Å². The Morgan fingerprint density at radius 1 is 1.26 bits per heavy atom. The Kier molecular flexibility index (Phi) is 6.68. The van der Waals surface area contributed by atoms with Crippen molar-refractivity contribution in [2.75, 3.05) is 33.8 Å². The molecule has 1 aromatic heterocycles. The predicted octanol–water partition coefficient (Wildman–Crippen LogP) is 4.47. The van der Waals surface area contributed by atoms with Crippen molar-refractivity contribution in [1.29, 1.82) is 0 Å². The molecule has 10 heteroatoms. The maximum Gasteiger partial charge on any atom is 0.416 e. The zero-order valence-corrected chi connectivity index (χ0v) is 18.0. The lowest BCUT2D eigenvalue weighted by atomic mass is 9.99. The summed E-state index contributed by atoms with van der Waals surface area (Å²) in [6.07, 6.45) is -2.70. The van der Waals surface area contributed by atoms with Gasteiger partial charge < -0.3 is 14.5 Å². The number of hydrogen-bond acceptors (Lipinski definition) is 5. The molecule has 2 aromatic rings. The van der Waals surface area contributed by atoms with Crippen LogP contribution in [0.2, 0.25) is 0 Å². The number of rotatable bonds is 6. The molecule has 0 atom stereocenters. The van der Waals surface area contributed by atoms with E-state index in [4.69, 9.17) is 4.74 Å². The van der Waals surface area contributed by atoms with Gasteiger partial charge in [0.05, 0.1) is 24.8 Å². The molecule has 1 fully saturated rings. The fraction of sp³-hybridized carbons (Fsp3) is 0.381. The molecule has 0 radical (unpaired) electrons. The summed E-state index contributed by atoms with van der Waals surface area (Å²) >= 11 is 1.08. The summed E-state index contributed by atoms with van der Waals surface area (Å²) < 4.78 is 45.1. The van der Waals surface area contributed by atoms with Crippen molar-refractivity contribution in [2.45, 2.75) is 19.0 Å². The van der Waals surface area contributed by atoms with Gasteiger partial charge in [0.15, 0.2) is 0 Å². The van der Waals surface area contributed by atoms with E-state index in [1.54, 1.807) is 10.3 Å². The van der Waals surface area contributed by atoms with Gasteiger partial charge in [0.25, 0.3) is 5.91 Å². The maximum absolute atomic E-state index is 13.3. The first kappa shape index (κ1) is 22.8. The van der Waals surface area contributed by atoms with Gasteiger partial charge in [-0.2, -0.15) is 13.2 Å². The molecule has 6 nitrogen and oxygen atoms in total. The number of amides is 2. The summed E-state index contributed by atoms with van der Waals surface area (Å²) in [6.45, 7) is 4.65. The van der Waals surface area contributed by atoms with Gasteiger partial charge in [-0.1, -0.05) is 0 Å². The fourth-order valence-corrected chi connectivity index (χ4v) is 4.36. The number of halogens is 3. The minimum absolute atomic E-state index is 0.0920. The first-order valence-electron chi connectivity index (χ1n) is 9.54. The SMILES string of the molecule is C=Nc1scc(-c2cc(C(F)(F)F)ccc2OC)c1C(=O)N(C)CC(=O)N1CCCC1. The van der Waals surface area contributed by atoms with Gasteiger partial charge in [-0.05, 0) is 37.8 Å². The monoisotopic (exact) mass is 453 g/mol. The Morgan fingerprint density at radius 3 is 2.52 bits per heavy atom. The zero-order valence-electron chi connectivity index (χ0n) is 17.2. The molecule has 2 amide bonds. The molecule has 0 N–H and O–H groups in total. The molecule has 0 spiro atoms. The van der Waals surface area contributed by atoms with Gasteiger partial charge >= 0.3 is 6.18 Å². The van der Waals surface area contributed by atoms with Gasteiger partial charge in [0.2, 0.25) is 5.91 Å². The largest absolute Gasteiger partial charge is 0.496 e. The first-order valence-corrected chi connectivity index (χ1v) is 10.4. The minimum Gasteiger partial charge on any atom is -0.496 e. The van der Waals surface area contributed by atoms with E-state index in [0.717, 1.165) is 36.3 Å². The third-order valence-corrected chi connectivity index (χ3v) is 6.03. The fourth-order valence-electron chi connectivity index (χ4n) is 3.50. The Balaban J connectivity index is 2.00. The van der Waals surface area contributed by atoms with Gasteiger partial charge in [-0.3, -0.25) is 14.6 Å². The smallest absolute Gasteiger partial charge is 0.416 e. The second kappa shape index (κ2) is 9.09. The van der Waals surface area contributed by atoms with Crippen LogP contribution in [0.25, 0.3) is 11.1 Å². The van der Waals surface area contributed by atoms with E-state index < -0.39 is 17.6 Å². The number of nitrogens with zero attached hydrogens (tertiary/aromatic N) is 3. The topological polar surface area (TPSA) is 62.2 Å². The van der Waals surface area contributed by atoms with Crippen LogP contribution in [0, 0.1) is 0 Å². The van der Waals surface area contributed by atoms with E-state index >= 15 is 0 Å². The second-order valence-electron chi connectivity index (χ2n) is 7.15. The number of carbonyl (C=O) groups is 2. The number of likely N-dealkylation sites (tertiary alicyclic amines) is 1. The average Bonchev–Trinajstić information content (AvgIpc) is 3.41. The van der Waals surface area contributed by atoms with Crippen LogP contribution in [0.1, 0.15) is 28.8 Å². The highest BCUT2D eigenvalue weighted by molar-refractivity contribution is 7.14. The summed E-state index contributed by atoms with van der Waals surface area (Å²) in [5.41, 5.74) is -0.403. The zero-order chi connectivity index (χ0) is 22.8. The van der Waals surface area contributed by atoms with E-state index in [9.17, 15) is 22.8 Å². The number of aliphatic imine (C=N–C) groups is 1. The molecule has 1 saturated heterocycles. The molecule has 2 heterocycles. The maximum atomic E-state index is 13.3. The van der Waals surface area contributed by atoms with Crippen molar-refractivity contribution in [2.24, 2.45) is 4.99 Å². The highest BCUT2D eigenvalue weighted by Crippen LogP contribution is 2.43. The molecule has 166 valence electrons. The minimum atomic E-state index is -4.56. The molecular formula is C21H22F3N3O3S. The number of ether oxygens (including phenoxy) is 1. The van der Waals surface area contributed by atoms with Gasteiger partial charge in [-0.25, -0.2) is 0 Å². The standard InChI is InChI=1S/C21H22F3N3O3S/c1-25-19-18(20(29)26(2)11-17(28)27-8-4-5-9-27)15(12-31-19)14-10-13(21(22,23)24)6-7-16(14)30-3/h6-7,10,12H,1,4-5,8-9,11H2,2-3H3. The van der Waals surface area contributed by atoms with Crippen molar-refractivity contribution in [3.63, 3.8) is 0 Å². The number of methoxy groups -OCH3 is 1. The third-order valence-electron chi connectivity index (χ3n) is 5.12. The molecule has 1 aliphatic heterocycles. The summed E-state index contributed by atoms with van der Waals surface area (Å²) in [4.78, 5) is 32.5. The van der Waals surface area contributed by atoms with Crippen LogP contribution >= 0.6 is 11.3 Å². The lowest BCUT2D eigenvalue weighted by Gasteiger charge is -2.22. The Hall–Kier alpha value is -2.88. The molecule has 31 heavy (non-hydrogen) atoms. The van der Waals surface area contributed by atoms with E-state index in [1.807, 2.05) is 0 Å². The van der Waals surface area contributed by atoms with Crippen LogP contribution < -0.4 is 4.74 Å². The van der Waals surface area contributed by atoms with Crippen molar-refractivity contribution in [3.05, 3.63) is 34.7 Å². The summed E-state index contributed by atoms with van der Waals surface area (Å²) in [5.74, 6) is -0.508. The van der Waals surface area contributed by atoms with Crippen LogP contribution in [-0.4, -0.2) is 62.1 Å². The van der Waals surface area contributed by atoms with E-state index in [1.165, 1.54) is 25.1 Å². The van der Waals surface area contributed by atoms with E-state index in [-0.39, 0.29) is 39.9 Å². The molecule has 0 unspecified atom stereocenters. The molecule has 3 rings (SSSR count). The van der Waals surface area contributed by atoms with Crippen LogP contribution in [-0.2, 0) is 11.0 Å². The summed E-state index contributed by atoms with van der Waals surface area (Å²) in [6, 6.07) is 3.08. The van der Waals surface area contributed by atoms with Crippen molar-refractivity contribution >= 4 is 34.9 Å². The molecular weight excluding hydrogens is 431 g/mol. The Bertz CT molecular complexity index is 997. The molecule has 1 aromatic carbocycles. The predicted molar refractivity (Wildman–Crippen MR) is 113 cm³/mol. The normalized spacial score (nSPS) is 13.9. The molecule has 1 aliphatic rings.